The number of H-pyrrole nitrogens is 1. The Hall–Kier alpha value is -2.33. The first-order chi connectivity index (χ1) is 11.8. The predicted octanol–water partition coefficient (Wildman–Crippen LogP) is 4.14. The number of carboxylic acids is 1. The van der Waals surface area contributed by atoms with Gasteiger partial charge in [0.25, 0.3) is 0 Å². The summed E-state index contributed by atoms with van der Waals surface area (Å²) in [6.45, 7) is 8.34. The van der Waals surface area contributed by atoms with Crippen LogP contribution in [0, 0.1) is 0 Å². The number of carbonyl (C=O) groups is 1. The van der Waals surface area contributed by atoms with E-state index in [1.807, 2.05) is 6.20 Å². The third-order valence-electron chi connectivity index (χ3n) is 4.31. The molecular weight excluding hydrogens is 312 g/mol. The topological polar surface area (TPSA) is 79.1 Å². The van der Waals surface area contributed by atoms with E-state index in [1.165, 1.54) is 22.3 Å². The Balaban J connectivity index is 2.53. The Labute approximate surface area is 149 Å². The van der Waals surface area contributed by atoms with Crippen LogP contribution in [0.5, 0.6) is 0 Å². The first-order valence-corrected chi connectivity index (χ1v) is 8.65. The summed E-state index contributed by atoms with van der Waals surface area (Å²) in [5.41, 5.74) is 12.8. The van der Waals surface area contributed by atoms with Crippen molar-refractivity contribution in [3.05, 3.63) is 58.3 Å². The van der Waals surface area contributed by atoms with E-state index in [-0.39, 0.29) is 0 Å². The van der Waals surface area contributed by atoms with E-state index in [0.29, 0.717) is 6.42 Å². The molecule has 2 rings (SSSR count). The standard InChI is InChI=1S/C21H28N2O2/c1-13(2)5-7-15-9-10-16(8-6-14(3)4)20-19(15)17(12-23-20)11-18(22)21(24)25/h5-6,9-10,12,18,23H,7-8,11,22H2,1-4H3,(H,24,25)/t18-/m0/s1. The first-order valence-electron chi connectivity index (χ1n) is 8.65. The van der Waals surface area contributed by atoms with Gasteiger partial charge in [-0.05, 0) is 57.2 Å². The molecule has 134 valence electrons. The minimum absolute atomic E-state index is 0.323. The number of nitrogens with two attached hydrogens (primary N) is 1. The molecule has 1 heterocycles. The molecule has 0 aliphatic heterocycles. The fourth-order valence-electron chi connectivity index (χ4n) is 2.91. The van der Waals surface area contributed by atoms with Crippen LogP contribution < -0.4 is 5.73 Å². The fourth-order valence-corrected chi connectivity index (χ4v) is 2.91. The van der Waals surface area contributed by atoms with Gasteiger partial charge >= 0.3 is 5.97 Å². The Morgan fingerprint density at radius 2 is 1.64 bits per heavy atom. The number of fused-ring (bicyclic) bond motifs is 1. The molecule has 1 aromatic heterocycles. The van der Waals surface area contributed by atoms with Crippen LogP contribution in [-0.2, 0) is 24.1 Å². The summed E-state index contributed by atoms with van der Waals surface area (Å²) in [5.74, 6) is -0.971. The SMILES string of the molecule is CC(C)=CCc1ccc(CC=C(C)C)c2c(C[C@H](N)C(=O)O)c[nH]c12. The maximum atomic E-state index is 11.2. The second kappa shape index (κ2) is 8.17. The molecule has 0 spiro atoms. The van der Waals surface area contributed by atoms with Crippen molar-refractivity contribution in [2.45, 2.75) is 53.0 Å². The predicted molar refractivity (Wildman–Crippen MR) is 104 cm³/mol. The lowest BCUT2D eigenvalue weighted by Gasteiger charge is -2.10. The van der Waals surface area contributed by atoms with Gasteiger partial charge in [-0.25, -0.2) is 0 Å². The van der Waals surface area contributed by atoms with Gasteiger partial charge in [0.05, 0.1) is 0 Å². The molecule has 0 saturated carbocycles. The molecule has 0 saturated heterocycles. The van der Waals surface area contributed by atoms with Crippen molar-refractivity contribution < 1.29 is 9.90 Å². The molecule has 0 amide bonds. The fraction of sp³-hybridized carbons (Fsp3) is 0.381. The van der Waals surface area contributed by atoms with Crippen LogP contribution in [0.4, 0.5) is 0 Å². The van der Waals surface area contributed by atoms with Crippen LogP contribution >= 0.6 is 0 Å². The van der Waals surface area contributed by atoms with Gasteiger partial charge in [-0.2, -0.15) is 0 Å². The summed E-state index contributed by atoms with van der Waals surface area (Å²) < 4.78 is 0. The number of hydrogen-bond donors (Lipinski definition) is 3. The van der Waals surface area contributed by atoms with Gasteiger partial charge in [0.2, 0.25) is 0 Å². The second-order valence-corrected chi connectivity index (χ2v) is 7.07. The molecule has 0 aliphatic rings. The zero-order valence-corrected chi connectivity index (χ0v) is 15.5. The minimum atomic E-state index is -0.971. The molecule has 2 aromatic rings. The first kappa shape index (κ1) is 19.0. The van der Waals surface area contributed by atoms with Crippen LogP contribution in [0.25, 0.3) is 10.9 Å². The lowest BCUT2D eigenvalue weighted by molar-refractivity contribution is -0.138. The molecule has 0 unspecified atom stereocenters. The second-order valence-electron chi connectivity index (χ2n) is 7.07. The summed E-state index contributed by atoms with van der Waals surface area (Å²) in [6, 6.07) is 3.42. The van der Waals surface area contributed by atoms with Crippen LogP contribution in [0.15, 0.2) is 41.6 Å². The van der Waals surface area contributed by atoms with E-state index in [1.54, 1.807) is 0 Å². The quantitative estimate of drug-likeness (QED) is 0.663. The third kappa shape index (κ3) is 4.83. The van der Waals surface area contributed by atoms with Crippen molar-refractivity contribution in [1.29, 1.82) is 0 Å². The van der Waals surface area contributed by atoms with Crippen molar-refractivity contribution in [2.24, 2.45) is 5.73 Å². The lowest BCUT2D eigenvalue weighted by atomic mass is 9.95. The van der Waals surface area contributed by atoms with E-state index < -0.39 is 12.0 Å². The van der Waals surface area contributed by atoms with Crippen molar-refractivity contribution in [1.82, 2.24) is 4.98 Å². The largest absolute Gasteiger partial charge is 0.480 e. The maximum absolute atomic E-state index is 11.2. The van der Waals surface area contributed by atoms with Crippen LogP contribution in [0.1, 0.15) is 44.4 Å². The third-order valence-corrected chi connectivity index (χ3v) is 4.31. The Morgan fingerprint density at radius 1 is 1.08 bits per heavy atom. The molecule has 0 bridgehead atoms. The van der Waals surface area contributed by atoms with Crippen molar-refractivity contribution in [3.8, 4) is 0 Å². The summed E-state index contributed by atoms with van der Waals surface area (Å²) in [6.07, 6.45) is 8.31. The highest BCUT2D eigenvalue weighted by atomic mass is 16.4. The molecular formula is C21H28N2O2. The molecule has 1 aromatic carbocycles. The van der Waals surface area contributed by atoms with Gasteiger partial charge < -0.3 is 15.8 Å². The number of rotatable bonds is 7. The summed E-state index contributed by atoms with van der Waals surface area (Å²) >= 11 is 0. The number of nitrogens with one attached hydrogen (secondary N) is 1. The van der Waals surface area contributed by atoms with Gasteiger partial charge in [-0.1, -0.05) is 35.4 Å². The molecule has 0 aliphatic carbocycles. The maximum Gasteiger partial charge on any atom is 0.320 e. The molecule has 4 nitrogen and oxygen atoms in total. The van der Waals surface area contributed by atoms with E-state index in [9.17, 15) is 4.79 Å². The van der Waals surface area contributed by atoms with Crippen LogP contribution in [0.2, 0.25) is 0 Å². The Morgan fingerprint density at radius 3 is 2.20 bits per heavy atom. The van der Waals surface area contributed by atoms with Gasteiger partial charge in [0, 0.05) is 23.5 Å². The number of hydrogen-bond acceptors (Lipinski definition) is 2. The highest BCUT2D eigenvalue weighted by molar-refractivity contribution is 5.90. The Bertz CT molecular complexity index is 820. The molecule has 25 heavy (non-hydrogen) atoms. The monoisotopic (exact) mass is 340 g/mol. The highest BCUT2D eigenvalue weighted by Crippen LogP contribution is 2.28. The van der Waals surface area contributed by atoms with E-state index >= 15 is 0 Å². The number of benzene rings is 1. The zero-order valence-electron chi connectivity index (χ0n) is 15.5. The van der Waals surface area contributed by atoms with Gasteiger partial charge in [0.1, 0.15) is 6.04 Å². The number of allylic oxidation sites excluding steroid dienone is 4. The Kier molecular flexibility index (Phi) is 6.21. The number of aromatic nitrogens is 1. The molecule has 1 atom stereocenters. The van der Waals surface area contributed by atoms with Crippen molar-refractivity contribution in [3.63, 3.8) is 0 Å². The van der Waals surface area contributed by atoms with Crippen molar-refractivity contribution >= 4 is 16.9 Å². The van der Waals surface area contributed by atoms with Gasteiger partial charge in [0.15, 0.2) is 0 Å². The number of aliphatic carboxylic acids is 1. The normalized spacial score (nSPS) is 12.0. The zero-order chi connectivity index (χ0) is 18.6. The summed E-state index contributed by atoms with van der Waals surface area (Å²) in [5, 5.41) is 10.3. The number of carboxylic acid groups (broad SMARTS) is 1. The van der Waals surface area contributed by atoms with E-state index in [4.69, 9.17) is 10.8 Å². The minimum Gasteiger partial charge on any atom is -0.480 e. The average Bonchev–Trinajstić information content (AvgIpc) is 2.95. The molecule has 0 fully saturated rings. The van der Waals surface area contributed by atoms with Crippen molar-refractivity contribution in [2.75, 3.05) is 0 Å². The summed E-state index contributed by atoms with van der Waals surface area (Å²) in [4.78, 5) is 14.5. The number of aromatic amines is 1. The van der Waals surface area contributed by atoms with Crippen LogP contribution in [0.3, 0.4) is 0 Å². The van der Waals surface area contributed by atoms with Gasteiger partial charge in [-0.3, -0.25) is 4.79 Å². The molecule has 4 N–H and O–H groups in total. The molecule has 0 radical (unpaired) electrons. The lowest BCUT2D eigenvalue weighted by Crippen LogP contribution is -2.32. The van der Waals surface area contributed by atoms with Crippen LogP contribution in [-0.4, -0.2) is 22.1 Å². The van der Waals surface area contributed by atoms with E-state index in [0.717, 1.165) is 29.3 Å². The summed E-state index contributed by atoms with van der Waals surface area (Å²) in [7, 11) is 0. The average molecular weight is 340 g/mol. The van der Waals surface area contributed by atoms with E-state index in [2.05, 4.69) is 57.0 Å². The van der Waals surface area contributed by atoms with Gasteiger partial charge in [-0.15, -0.1) is 0 Å². The highest BCUT2D eigenvalue weighted by Gasteiger charge is 2.17. The smallest absolute Gasteiger partial charge is 0.320 e. The molecule has 4 heteroatoms.